The average Bonchev–Trinajstić information content (AvgIpc) is 3.20. The first-order valence-electron chi connectivity index (χ1n) is 10.6. The van der Waals surface area contributed by atoms with Gasteiger partial charge in [-0.1, -0.05) is 0 Å². The van der Waals surface area contributed by atoms with Gasteiger partial charge in [-0.15, -0.1) is 12.4 Å². The molecule has 3 rings (SSSR count). The highest BCUT2D eigenvalue weighted by atomic mass is 35.5. The molecular weight excluding hydrogens is 390 g/mol. The van der Waals surface area contributed by atoms with E-state index in [0.29, 0.717) is 23.8 Å². The lowest BCUT2D eigenvalue weighted by atomic mass is 9.97. The SMILES string of the molecule is CC1CCCC(C)N1C(=O)COc1ccc(C(=O)NCCC2CCNC2)cc1.Cl. The quantitative estimate of drug-likeness (QED) is 0.707. The Morgan fingerprint density at radius 1 is 1.14 bits per heavy atom. The van der Waals surface area contributed by atoms with Crippen LogP contribution >= 0.6 is 12.4 Å². The first-order chi connectivity index (χ1) is 13.5. The zero-order chi connectivity index (χ0) is 19.9. The van der Waals surface area contributed by atoms with Gasteiger partial charge in [-0.05, 0) is 89.2 Å². The van der Waals surface area contributed by atoms with Crippen LogP contribution in [0.15, 0.2) is 24.3 Å². The monoisotopic (exact) mass is 423 g/mol. The standard InChI is InChI=1S/C22H33N3O3.ClH/c1-16-4-3-5-17(2)25(16)21(26)15-28-20-8-6-19(7-9-20)22(27)24-13-11-18-10-12-23-14-18;/h6-9,16-18,23H,3-5,10-15H2,1-2H3,(H,24,27);1H. The topological polar surface area (TPSA) is 70.7 Å². The summed E-state index contributed by atoms with van der Waals surface area (Å²) in [5.41, 5.74) is 0.612. The second-order valence-corrected chi connectivity index (χ2v) is 8.15. The maximum atomic E-state index is 12.5. The summed E-state index contributed by atoms with van der Waals surface area (Å²) in [5.74, 6) is 1.24. The third-order valence-electron chi connectivity index (χ3n) is 5.96. The van der Waals surface area contributed by atoms with Gasteiger partial charge in [0, 0.05) is 24.2 Å². The maximum absolute atomic E-state index is 12.5. The smallest absolute Gasteiger partial charge is 0.260 e. The summed E-state index contributed by atoms with van der Waals surface area (Å²) in [6.07, 6.45) is 5.48. The van der Waals surface area contributed by atoms with Crippen LogP contribution in [-0.2, 0) is 4.79 Å². The van der Waals surface area contributed by atoms with Gasteiger partial charge in [0.15, 0.2) is 6.61 Å². The minimum atomic E-state index is -0.0652. The number of hydrogen-bond donors (Lipinski definition) is 2. The number of nitrogens with one attached hydrogen (secondary N) is 2. The number of carbonyl (C=O) groups is 2. The molecule has 2 aliphatic rings. The van der Waals surface area contributed by atoms with E-state index >= 15 is 0 Å². The molecule has 2 heterocycles. The number of likely N-dealkylation sites (tertiary alicyclic amines) is 1. The molecule has 1 aromatic rings. The van der Waals surface area contributed by atoms with E-state index in [4.69, 9.17) is 4.74 Å². The zero-order valence-corrected chi connectivity index (χ0v) is 18.3. The maximum Gasteiger partial charge on any atom is 0.260 e. The van der Waals surface area contributed by atoms with Crippen molar-refractivity contribution >= 4 is 24.2 Å². The lowest BCUT2D eigenvalue weighted by molar-refractivity contribution is -0.139. The average molecular weight is 424 g/mol. The van der Waals surface area contributed by atoms with Gasteiger partial charge >= 0.3 is 0 Å². The Labute approximate surface area is 180 Å². The highest BCUT2D eigenvalue weighted by molar-refractivity contribution is 5.94. The molecule has 2 aliphatic heterocycles. The number of rotatable bonds is 7. The van der Waals surface area contributed by atoms with Gasteiger partial charge in [-0.2, -0.15) is 0 Å². The molecule has 2 N–H and O–H groups in total. The second-order valence-electron chi connectivity index (χ2n) is 8.15. The van der Waals surface area contributed by atoms with Crippen molar-refractivity contribution in [2.24, 2.45) is 5.92 Å². The Balaban J connectivity index is 0.00000300. The molecule has 29 heavy (non-hydrogen) atoms. The van der Waals surface area contributed by atoms with Crippen LogP contribution < -0.4 is 15.4 Å². The second kappa shape index (κ2) is 11.4. The molecule has 2 fully saturated rings. The molecule has 0 aliphatic carbocycles. The highest BCUT2D eigenvalue weighted by Crippen LogP contribution is 2.23. The molecule has 6 nitrogen and oxygen atoms in total. The molecule has 0 aromatic heterocycles. The van der Waals surface area contributed by atoms with Gasteiger partial charge in [0.25, 0.3) is 11.8 Å². The lowest BCUT2D eigenvalue weighted by Gasteiger charge is -2.38. The first-order valence-corrected chi connectivity index (χ1v) is 10.6. The zero-order valence-electron chi connectivity index (χ0n) is 17.5. The number of carbonyl (C=O) groups excluding carboxylic acids is 2. The van der Waals surface area contributed by atoms with Crippen molar-refractivity contribution in [3.63, 3.8) is 0 Å². The Morgan fingerprint density at radius 3 is 2.45 bits per heavy atom. The van der Waals surface area contributed by atoms with Crippen LogP contribution in [-0.4, -0.2) is 55.0 Å². The number of nitrogens with zero attached hydrogens (tertiary/aromatic N) is 1. The summed E-state index contributed by atoms with van der Waals surface area (Å²) in [6.45, 7) is 7.07. The van der Waals surface area contributed by atoms with Crippen molar-refractivity contribution in [1.29, 1.82) is 0 Å². The third kappa shape index (κ3) is 6.61. The number of benzene rings is 1. The van der Waals surface area contributed by atoms with E-state index in [-0.39, 0.29) is 42.9 Å². The van der Waals surface area contributed by atoms with Crippen LogP contribution in [0.1, 0.15) is 56.3 Å². The van der Waals surface area contributed by atoms with E-state index in [9.17, 15) is 9.59 Å². The summed E-state index contributed by atoms with van der Waals surface area (Å²) in [4.78, 5) is 26.7. The van der Waals surface area contributed by atoms with E-state index in [0.717, 1.165) is 32.4 Å². The normalized spacial score (nSPS) is 23.9. The number of amides is 2. The summed E-state index contributed by atoms with van der Waals surface area (Å²) < 4.78 is 5.67. The molecule has 162 valence electrons. The van der Waals surface area contributed by atoms with Crippen molar-refractivity contribution in [2.75, 3.05) is 26.2 Å². The molecule has 0 spiro atoms. The van der Waals surface area contributed by atoms with E-state index in [1.165, 1.54) is 12.8 Å². The summed E-state index contributed by atoms with van der Waals surface area (Å²) >= 11 is 0. The lowest BCUT2D eigenvalue weighted by Crippen LogP contribution is -2.49. The molecule has 2 saturated heterocycles. The van der Waals surface area contributed by atoms with Crippen LogP contribution in [0.25, 0.3) is 0 Å². The molecule has 0 saturated carbocycles. The van der Waals surface area contributed by atoms with Crippen molar-refractivity contribution in [1.82, 2.24) is 15.5 Å². The van der Waals surface area contributed by atoms with Gasteiger partial charge in [-0.3, -0.25) is 9.59 Å². The van der Waals surface area contributed by atoms with Crippen LogP contribution in [0.2, 0.25) is 0 Å². The molecule has 7 heteroatoms. The fraction of sp³-hybridized carbons (Fsp3) is 0.636. The Hall–Kier alpha value is -1.79. The fourth-order valence-electron chi connectivity index (χ4n) is 4.29. The summed E-state index contributed by atoms with van der Waals surface area (Å²) in [7, 11) is 0. The highest BCUT2D eigenvalue weighted by Gasteiger charge is 2.29. The van der Waals surface area contributed by atoms with Gasteiger partial charge in [0.2, 0.25) is 0 Å². The first kappa shape index (κ1) is 23.5. The minimum absolute atomic E-state index is 0. The number of hydrogen-bond acceptors (Lipinski definition) is 4. The van der Waals surface area contributed by atoms with E-state index < -0.39 is 0 Å². The minimum Gasteiger partial charge on any atom is -0.484 e. The number of halogens is 1. The van der Waals surface area contributed by atoms with Gasteiger partial charge in [0.1, 0.15) is 5.75 Å². The molecular formula is C22H34ClN3O3. The Morgan fingerprint density at radius 2 is 1.83 bits per heavy atom. The van der Waals surface area contributed by atoms with Crippen LogP contribution in [0.4, 0.5) is 0 Å². The third-order valence-corrected chi connectivity index (χ3v) is 5.96. The van der Waals surface area contributed by atoms with Gasteiger partial charge in [0.05, 0.1) is 0 Å². The Kier molecular flexibility index (Phi) is 9.24. The van der Waals surface area contributed by atoms with E-state index in [1.807, 2.05) is 4.90 Å². The number of piperidine rings is 1. The van der Waals surface area contributed by atoms with Crippen molar-refractivity contribution < 1.29 is 14.3 Å². The molecule has 0 radical (unpaired) electrons. The summed E-state index contributed by atoms with van der Waals surface area (Å²) in [5, 5.41) is 6.32. The van der Waals surface area contributed by atoms with E-state index in [1.54, 1.807) is 24.3 Å². The predicted octanol–water partition coefficient (Wildman–Crippen LogP) is 3.01. The molecule has 3 unspecified atom stereocenters. The van der Waals surface area contributed by atoms with Crippen LogP contribution in [0.5, 0.6) is 5.75 Å². The molecule has 3 atom stereocenters. The van der Waals surface area contributed by atoms with Crippen LogP contribution in [0.3, 0.4) is 0 Å². The summed E-state index contributed by atoms with van der Waals surface area (Å²) in [6, 6.07) is 7.55. The van der Waals surface area contributed by atoms with Gasteiger partial charge < -0.3 is 20.3 Å². The Bertz CT molecular complexity index is 652. The molecule has 2 amide bonds. The van der Waals surface area contributed by atoms with Crippen molar-refractivity contribution in [2.45, 2.75) is 58.0 Å². The van der Waals surface area contributed by atoms with E-state index in [2.05, 4.69) is 24.5 Å². The molecule has 0 bridgehead atoms. The van der Waals surface area contributed by atoms with Crippen molar-refractivity contribution in [3.8, 4) is 5.75 Å². The fourth-order valence-corrected chi connectivity index (χ4v) is 4.29. The van der Waals surface area contributed by atoms with Crippen molar-refractivity contribution in [3.05, 3.63) is 29.8 Å². The number of ether oxygens (including phenoxy) is 1. The van der Waals surface area contributed by atoms with Crippen LogP contribution in [0, 0.1) is 5.92 Å². The van der Waals surface area contributed by atoms with Gasteiger partial charge in [-0.25, -0.2) is 0 Å². The molecule has 1 aromatic carbocycles. The largest absolute Gasteiger partial charge is 0.484 e. The predicted molar refractivity (Wildman–Crippen MR) is 117 cm³/mol.